The SMILES string of the molecule is Cc1ccccc1/C(C#N)=C/[O-].[Na+]. The molecule has 60 valence electrons. The van der Waals surface area contributed by atoms with Crippen molar-refractivity contribution >= 4 is 5.57 Å². The van der Waals surface area contributed by atoms with E-state index in [1.807, 2.05) is 31.2 Å². The van der Waals surface area contributed by atoms with Gasteiger partial charge in [-0.25, -0.2) is 0 Å². The molecule has 0 fully saturated rings. The fourth-order valence-corrected chi connectivity index (χ4v) is 1.03. The van der Waals surface area contributed by atoms with Crippen LogP contribution in [0, 0.1) is 18.3 Å². The number of rotatable bonds is 1. The summed E-state index contributed by atoms with van der Waals surface area (Å²) in [6, 6.07) is 9.18. The predicted molar refractivity (Wildman–Crippen MR) is 44.8 cm³/mol. The van der Waals surface area contributed by atoms with Gasteiger partial charge in [0.1, 0.15) is 0 Å². The van der Waals surface area contributed by atoms with E-state index in [0.29, 0.717) is 6.26 Å². The first-order valence-corrected chi connectivity index (χ1v) is 3.58. The van der Waals surface area contributed by atoms with Crippen molar-refractivity contribution < 1.29 is 34.7 Å². The average molecular weight is 181 g/mol. The summed E-state index contributed by atoms with van der Waals surface area (Å²) in [4.78, 5) is 0. The molecule has 0 aliphatic carbocycles. The topological polar surface area (TPSA) is 46.8 Å². The molecule has 0 saturated carbocycles. The van der Waals surface area contributed by atoms with E-state index in [2.05, 4.69) is 0 Å². The maximum atomic E-state index is 10.4. The van der Waals surface area contributed by atoms with Crippen LogP contribution in [-0.4, -0.2) is 0 Å². The molecule has 0 aliphatic heterocycles. The fraction of sp³-hybridized carbons (Fsp3) is 0.100. The van der Waals surface area contributed by atoms with Crippen molar-refractivity contribution in [3.8, 4) is 6.07 Å². The van der Waals surface area contributed by atoms with Crippen molar-refractivity contribution in [3.63, 3.8) is 0 Å². The van der Waals surface area contributed by atoms with Crippen LogP contribution >= 0.6 is 0 Å². The van der Waals surface area contributed by atoms with Crippen molar-refractivity contribution in [2.45, 2.75) is 6.92 Å². The van der Waals surface area contributed by atoms with E-state index < -0.39 is 0 Å². The molecule has 13 heavy (non-hydrogen) atoms. The van der Waals surface area contributed by atoms with Gasteiger partial charge in [0.25, 0.3) is 0 Å². The Hall–Kier alpha value is -0.750. The summed E-state index contributed by atoms with van der Waals surface area (Å²) in [7, 11) is 0. The Morgan fingerprint density at radius 2 is 2.08 bits per heavy atom. The molecule has 0 bridgehead atoms. The number of hydrogen-bond acceptors (Lipinski definition) is 2. The second-order valence-corrected chi connectivity index (χ2v) is 2.46. The van der Waals surface area contributed by atoms with Gasteiger partial charge in [-0.1, -0.05) is 24.3 Å². The second-order valence-electron chi connectivity index (χ2n) is 2.46. The van der Waals surface area contributed by atoms with Crippen LogP contribution in [0.2, 0.25) is 0 Å². The molecule has 3 heteroatoms. The molecule has 0 saturated heterocycles. The van der Waals surface area contributed by atoms with E-state index in [0.717, 1.165) is 11.1 Å². The standard InChI is InChI=1S/C10H9NO.Na/c1-8-4-2-3-5-10(8)9(6-11)7-12;/h2-5,7,12H,1H3;/q;+1/p-1/b9-7+;. The molecular weight excluding hydrogens is 173 g/mol. The molecule has 1 aromatic rings. The zero-order chi connectivity index (χ0) is 8.97. The molecule has 0 unspecified atom stereocenters. The van der Waals surface area contributed by atoms with Crippen molar-refractivity contribution in [2.24, 2.45) is 0 Å². The first-order valence-electron chi connectivity index (χ1n) is 3.58. The largest absolute Gasteiger partial charge is 1.00 e. The van der Waals surface area contributed by atoms with Crippen molar-refractivity contribution in [1.29, 1.82) is 5.26 Å². The van der Waals surface area contributed by atoms with Crippen LogP contribution in [0.1, 0.15) is 11.1 Å². The normalized spacial score (nSPS) is 10.0. The molecule has 0 N–H and O–H groups in total. The van der Waals surface area contributed by atoms with E-state index in [9.17, 15) is 5.11 Å². The molecule has 0 radical (unpaired) electrons. The molecule has 1 rings (SSSR count). The molecule has 2 nitrogen and oxygen atoms in total. The predicted octanol–water partition coefficient (Wildman–Crippen LogP) is -1.78. The summed E-state index contributed by atoms with van der Waals surface area (Å²) in [5.74, 6) is 0. The number of benzene rings is 1. The molecular formula is C10H8NNaO. The van der Waals surface area contributed by atoms with Crippen LogP contribution in [0.5, 0.6) is 0 Å². The quantitative estimate of drug-likeness (QED) is 0.292. The van der Waals surface area contributed by atoms with E-state index in [-0.39, 0.29) is 35.1 Å². The van der Waals surface area contributed by atoms with E-state index in [1.165, 1.54) is 0 Å². The van der Waals surface area contributed by atoms with E-state index in [4.69, 9.17) is 5.26 Å². The van der Waals surface area contributed by atoms with Gasteiger partial charge < -0.3 is 5.11 Å². The van der Waals surface area contributed by atoms with Gasteiger partial charge >= 0.3 is 29.6 Å². The Kier molecular flexibility index (Phi) is 5.48. The molecule has 0 amide bonds. The van der Waals surface area contributed by atoms with Crippen molar-refractivity contribution in [1.82, 2.24) is 0 Å². The Bertz CT molecular complexity index is 352. The monoisotopic (exact) mass is 181 g/mol. The molecule has 0 atom stereocenters. The van der Waals surface area contributed by atoms with Crippen LogP contribution in [0.4, 0.5) is 0 Å². The molecule has 0 aliphatic rings. The number of aryl methyl sites for hydroxylation is 1. The van der Waals surface area contributed by atoms with Crippen LogP contribution in [0.3, 0.4) is 0 Å². The summed E-state index contributed by atoms with van der Waals surface area (Å²) in [5, 5.41) is 19.0. The van der Waals surface area contributed by atoms with Crippen LogP contribution in [0.15, 0.2) is 30.5 Å². The smallest absolute Gasteiger partial charge is 0.877 e. The Morgan fingerprint density at radius 1 is 1.46 bits per heavy atom. The van der Waals surface area contributed by atoms with Gasteiger partial charge in [-0.15, -0.1) is 6.26 Å². The van der Waals surface area contributed by atoms with Crippen molar-refractivity contribution in [2.75, 3.05) is 0 Å². The summed E-state index contributed by atoms with van der Waals surface area (Å²) >= 11 is 0. The van der Waals surface area contributed by atoms with Gasteiger partial charge in [-0.3, -0.25) is 0 Å². The van der Waals surface area contributed by atoms with Crippen LogP contribution < -0.4 is 34.7 Å². The van der Waals surface area contributed by atoms with Crippen LogP contribution in [0.25, 0.3) is 5.57 Å². The molecule has 1 aromatic carbocycles. The minimum atomic E-state index is 0. The van der Waals surface area contributed by atoms with Gasteiger partial charge in [0.2, 0.25) is 0 Å². The Balaban J connectivity index is 0.00000144. The summed E-state index contributed by atoms with van der Waals surface area (Å²) in [6.45, 7) is 1.87. The summed E-state index contributed by atoms with van der Waals surface area (Å²) in [6.07, 6.45) is 0.586. The number of nitrogens with zero attached hydrogens (tertiary/aromatic N) is 1. The van der Waals surface area contributed by atoms with Gasteiger partial charge in [0, 0.05) is 5.57 Å². The van der Waals surface area contributed by atoms with Gasteiger partial charge in [-0.05, 0) is 18.1 Å². The minimum absolute atomic E-state index is 0. The van der Waals surface area contributed by atoms with Gasteiger partial charge in [0.05, 0.1) is 6.07 Å². The zero-order valence-corrected chi connectivity index (χ0v) is 9.74. The number of allylic oxidation sites excluding steroid dienone is 1. The Labute approximate surface area is 99.8 Å². The first kappa shape index (κ1) is 12.2. The number of hydrogen-bond donors (Lipinski definition) is 0. The van der Waals surface area contributed by atoms with Gasteiger partial charge in [0.15, 0.2) is 0 Å². The van der Waals surface area contributed by atoms with E-state index >= 15 is 0 Å². The third-order valence-corrected chi connectivity index (χ3v) is 1.67. The average Bonchev–Trinajstić information content (AvgIpc) is 2.10. The second kappa shape index (κ2) is 5.82. The zero-order valence-electron chi connectivity index (χ0n) is 7.74. The Morgan fingerprint density at radius 3 is 2.54 bits per heavy atom. The molecule has 0 heterocycles. The van der Waals surface area contributed by atoms with Crippen LogP contribution in [-0.2, 0) is 0 Å². The van der Waals surface area contributed by atoms with Crippen molar-refractivity contribution in [3.05, 3.63) is 41.7 Å². The van der Waals surface area contributed by atoms with Gasteiger partial charge in [-0.2, -0.15) is 5.26 Å². The number of nitriles is 1. The summed E-state index contributed by atoms with van der Waals surface area (Å²) in [5.41, 5.74) is 1.85. The molecule has 0 spiro atoms. The third-order valence-electron chi connectivity index (χ3n) is 1.67. The summed E-state index contributed by atoms with van der Waals surface area (Å²) < 4.78 is 0. The third kappa shape index (κ3) is 2.89. The maximum Gasteiger partial charge on any atom is 1.00 e. The first-order chi connectivity index (χ1) is 5.79. The molecule has 0 aromatic heterocycles. The minimum Gasteiger partial charge on any atom is -0.877 e. The fourth-order valence-electron chi connectivity index (χ4n) is 1.03. The maximum absolute atomic E-state index is 10.4. The van der Waals surface area contributed by atoms with E-state index in [1.54, 1.807) is 6.07 Å².